The predicted octanol–water partition coefficient (Wildman–Crippen LogP) is 3.10. The first-order valence-corrected chi connectivity index (χ1v) is 15.2. The van der Waals surface area contributed by atoms with Gasteiger partial charge in [0.15, 0.2) is 15.8 Å². The van der Waals surface area contributed by atoms with E-state index in [9.17, 15) is 18.0 Å². The molecule has 5 rings (SSSR count). The van der Waals surface area contributed by atoms with Gasteiger partial charge in [-0.2, -0.15) is 4.31 Å². The maximum absolute atomic E-state index is 12.8. The third-order valence-electron chi connectivity index (χ3n) is 5.95. The van der Waals surface area contributed by atoms with Crippen LogP contribution in [0, 0.1) is 0 Å². The van der Waals surface area contributed by atoms with Gasteiger partial charge in [-0.1, -0.05) is 35.6 Å². The molecule has 2 aliphatic heterocycles. The molecule has 1 fully saturated rings. The molecule has 2 aliphatic rings. The van der Waals surface area contributed by atoms with E-state index in [1.807, 2.05) is 18.2 Å². The summed E-state index contributed by atoms with van der Waals surface area (Å²) in [5, 5.41) is 13.8. The average Bonchev–Trinajstić information content (AvgIpc) is 3.60. The fourth-order valence-corrected chi connectivity index (χ4v) is 7.04. The number of carbonyl (C=O) groups excluding carboxylic acids is 2. The highest BCUT2D eigenvalue weighted by atomic mass is 32.2. The van der Waals surface area contributed by atoms with E-state index in [1.54, 1.807) is 0 Å². The molecule has 0 unspecified atom stereocenters. The standard InChI is InChI=1S/C24H25N5O6S3/c30-21(25-13-16-4-9-19-20(12-16)35-15-34-19)14-36-24-28-27-23(37-24)26-22(31)17-5-7-18(8-6-17)38(32,33)29-10-2-1-3-11-29/h4-9,12H,1-3,10-11,13-15H2,(H,25,30)(H,26,27,31). The van der Waals surface area contributed by atoms with Crippen molar-refractivity contribution in [2.24, 2.45) is 0 Å². The summed E-state index contributed by atoms with van der Waals surface area (Å²) in [6.45, 7) is 1.58. The number of hydrogen-bond acceptors (Lipinski definition) is 10. The number of nitrogens with zero attached hydrogens (tertiary/aromatic N) is 3. The summed E-state index contributed by atoms with van der Waals surface area (Å²) >= 11 is 2.36. The number of piperidine rings is 1. The second-order valence-electron chi connectivity index (χ2n) is 8.57. The van der Waals surface area contributed by atoms with Crippen LogP contribution >= 0.6 is 23.1 Å². The molecule has 1 aromatic heterocycles. The molecule has 14 heteroatoms. The van der Waals surface area contributed by atoms with Gasteiger partial charge in [0.05, 0.1) is 10.6 Å². The molecule has 1 saturated heterocycles. The third-order valence-corrected chi connectivity index (χ3v) is 9.83. The first-order valence-electron chi connectivity index (χ1n) is 11.9. The van der Waals surface area contributed by atoms with Crippen molar-refractivity contribution in [1.82, 2.24) is 19.8 Å². The Hall–Kier alpha value is -3.20. The van der Waals surface area contributed by atoms with E-state index in [1.165, 1.54) is 40.3 Å². The first kappa shape index (κ1) is 26.4. The summed E-state index contributed by atoms with van der Waals surface area (Å²) in [4.78, 5) is 25.0. The van der Waals surface area contributed by atoms with Crippen molar-refractivity contribution in [3.05, 3.63) is 53.6 Å². The number of sulfonamides is 1. The number of nitrogens with one attached hydrogen (secondary N) is 2. The van der Waals surface area contributed by atoms with Gasteiger partial charge in [-0.3, -0.25) is 14.9 Å². The van der Waals surface area contributed by atoms with E-state index in [0.29, 0.717) is 41.0 Å². The molecule has 38 heavy (non-hydrogen) atoms. The molecule has 0 radical (unpaired) electrons. The lowest BCUT2D eigenvalue weighted by atomic mass is 10.2. The molecular formula is C24H25N5O6S3. The number of aromatic nitrogens is 2. The molecule has 0 aliphatic carbocycles. The summed E-state index contributed by atoms with van der Waals surface area (Å²) in [5.41, 5.74) is 1.19. The van der Waals surface area contributed by atoms with Crippen LogP contribution in [-0.4, -0.2) is 60.4 Å². The largest absolute Gasteiger partial charge is 0.454 e. The topological polar surface area (TPSA) is 140 Å². The SMILES string of the molecule is O=C(CSc1nnc(NC(=O)c2ccc(S(=O)(=O)N3CCCCC3)cc2)s1)NCc1ccc2c(c1)OCO2. The second-order valence-corrected chi connectivity index (χ2v) is 12.7. The molecule has 2 amide bonds. The van der Waals surface area contributed by atoms with Crippen LogP contribution in [0.1, 0.15) is 35.2 Å². The summed E-state index contributed by atoms with van der Waals surface area (Å²) < 4.78 is 38.2. The molecule has 200 valence electrons. The molecule has 2 N–H and O–H groups in total. The third kappa shape index (κ3) is 6.26. The van der Waals surface area contributed by atoms with Gasteiger partial charge in [0.2, 0.25) is 27.9 Å². The maximum atomic E-state index is 12.8. The Kier molecular flexibility index (Phi) is 8.12. The molecule has 2 aromatic carbocycles. The van der Waals surface area contributed by atoms with Crippen LogP contribution in [0.3, 0.4) is 0 Å². The lowest BCUT2D eigenvalue weighted by molar-refractivity contribution is -0.118. The minimum absolute atomic E-state index is 0.139. The molecule has 3 aromatic rings. The predicted molar refractivity (Wildman–Crippen MR) is 142 cm³/mol. The number of thioether (sulfide) groups is 1. The molecule has 0 atom stereocenters. The number of carbonyl (C=O) groups is 2. The Bertz CT molecular complexity index is 1420. The van der Waals surface area contributed by atoms with Crippen LogP contribution < -0.4 is 20.1 Å². The van der Waals surface area contributed by atoms with E-state index < -0.39 is 15.9 Å². The zero-order valence-corrected chi connectivity index (χ0v) is 22.7. The van der Waals surface area contributed by atoms with Gasteiger partial charge in [0.1, 0.15) is 0 Å². The van der Waals surface area contributed by atoms with Crippen molar-refractivity contribution in [2.45, 2.75) is 35.0 Å². The molecule has 11 nitrogen and oxygen atoms in total. The lowest BCUT2D eigenvalue weighted by Gasteiger charge is -2.25. The van der Waals surface area contributed by atoms with Crippen molar-refractivity contribution in [3.8, 4) is 11.5 Å². The van der Waals surface area contributed by atoms with Crippen molar-refractivity contribution < 1.29 is 27.5 Å². The lowest BCUT2D eigenvalue weighted by Crippen LogP contribution is -2.35. The molecule has 0 bridgehead atoms. The van der Waals surface area contributed by atoms with Crippen LogP contribution in [0.25, 0.3) is 0 Å². The molecule has 0 spiro atoms. The fourth-order valence-electron chi connectivity index (χ4n) is 3.95. The van der Waals surface area contributed by atoms with Gasteiger partial charge in [0, 0.05) is 25.2 Å². The zero-order chi connectivity index (χ0) is 26.5. The Morgan fingerprint density at radius 2 is 1.76 bits per heavy atom. The number of fused-ring (bicyclic) bond motifs is 1. The van der Waals surface area contributed by atoms with Gasteiger partial charge >= 0.3 is 0 Å². The van der Waals surface area contributed by atoms with E-state index in [0.717, 1.165) is 36.2 Å². The molecular weight excluding hydrogens is 550 g/mol. The minimum atomic E-state index is -3.56. The smallest absolute Gasteiger partial charge is 0.257 e. The van der Waals surface area contributed by atoms with Gasteiger partial charge in [-0.05, 0) is 54.8 Å². The monoisotopic (exact) mass is 575 g/mol. The number of benzene rings is 2. The second kappa shape index (κ2) is 11.7. The van der Waals surface area contributed by atoms with Gasteiger partial charge in [-0.25, -0.2) is 8.42 Å². The van der Waals surface area contributed by atoms with Crippen LogP contribution in [0.5, 0.6) is 11.5 Å². The fraction of sp³-hybridized carbons (Fsp3) is 0.333. The molecule has 0 saturated carbocycles. The highest BCUT2D eigenvalue weighted by molar-refractivity contribution is 8.01. The highest BCUT2D eigenvalue weighted by Crippen LogP contribution is 2.32. The van der Waals surface area contributed by atoms with Crippen molar-refractivity contribution >= 4 is 50.1 Å². The van der Waals surface area contributed by atoms with E-state index in [-0.39, 0.29) is 28.5 Å². The van der Waals surface area contributed by atoms with Gasteiger partial charge in [0.25, 0.3) is 5.91 Å². The van der Waals surface area contributed by atoms with E-state index in [4.69, 9.17) is 9.47 Å². The first-order chi connectivity index (χ1) is 18.4. The van der Waals surface area contributed by atoms with Crippen LogP contribution in [0.4, 0.5) is 5.13 Å². The summed E-state index contributed by atoms with van der Waals surface area (Å²) in [7, 11) is -3.56. The number of hydrogen-bond donors (Lipinski definition) is 2. The summed E-state index contributed by atoms with van der Waals surface area (Å²) in [6.07, 6.45) is 2.74. The highest BCUT2D eigenvalue weighted by Gasteiger charge is 2.26. The van der Waals surface area contributed by atoms with E-state index >= 15 is 0 Å². The van der Waals surface area contributed by atoms with Gasteiger partial charge < -0.3 is 14.8 Å². The normalized spacial score (nSPS) is 15.3. The zero-order valence-electron chi connectivity index (χ0n) is 20.2. The van der Waals surface area contributed by atoms with Crippen LogP contribution in [-0.2, 0) is 21.4 Å². The van der Waals surface area contributed by atoms with Crippen molar-refractivity contribution in [2.75, 3.05) is 31.0 Å². The molecule has 3 heterocycles. The minimum Gasteiger partial charge on any atom is -0.454 e. The Morgan fingerprint density at radius 3 is 2.55 bits per heavy atom. The summed E-state index contributed by atoms with van der Waals surface area (Å²) in [5.74, 6) is 0.884. The number of rotatable bonds is 9. The average molecular weight is 576 g/mol. The number of anilines is 1. The number of amides is 2. The van der Waals surface area contributed by atoms with Crippen molar-refractivity contribution in [3.63, 3.8) is 0 Å². The van der Waals surface area contributed by atoms with Gasteiger partial charge in [-0.15, -0.1) is 10.2 Å². The maximum Gasteiger partial charge on any atom is 0.257 e. The van der Waals surface area contributed by atoms with Crippen LogP contribution in [0.15, 0.2) is 51.7 Å². The Labute approximate surface area is 228 Å². The summed E-state index contributed by atoms with van der Waals surface area (Å²) in [6, 6.07) is 11.4. The Morgan fingerprint density at radius 1 is 1.00 bits per heavy atom. The quantitative estimate of drug-likeness (QED) is 0.291. The van der Waals surface area contributed by atoms with Crippen molar-refractivity contribution in [1.29, 1.82) is 0 Å². The number of ether oxygens (including phenoxy) is 2. The van der Waals surface area contributed by atoms with Crippen LogP contribution in [0.2, 0.25) is 0 Å². The Balaban J connectivity index is 1.09. The van der Waals surface area contributed by atoms with E-state index in [2.05, 4.69) is 20.8 Å².